The molecule has 108 valence electrons. The predicted molar refractivity (Wildman–Crippen MR) is 74.7 cm³/mol. The molecule has 0 amide bonds. The number of ether oxygens (including phenoxy) is 1. The van der Waals surface area contributed by atoms with Gasteiger partial charge in [0.15, 0.2) is 0 Å². The van der Waals surface area contributed by atoms with E-state index in [2.05, 4.69) is 17.0 Å². The fraction of sp³-hybridized carbons (Fsp3) is 0.857. The largest absolute Gasteiger partial charge is 0.374 e. The Morgan fingerprint density at radius 3 is 2.58 bits per heavy atom. The highest BCUT2D eigenvalue weighted by molar-refractivity contribution is 4.99. The molecule has 0 bridgehead atoms. The Bertz CT molecular complexity index is 383. The van der Waals surface area contributed by atoms with Gasteiger partial charge in [0.25, 0.3) is 0 Å². The normalized spacial score (nSPS) is 21.0. The van der Waals surface area contributed by atoms with Gasteiger partial charge in [-0.05, 0) is 19.8 Å². The van der Waals surface area contributed by atoms with E-state index in [0.717, 1.165) is 31.7 Å². The Labute approximate surface area is 115 Å². The smallest absolute Gasteiger partial charge is 0.138 e. The minimum Gasteiger partial charge on any atom is -0.374 e. The molecule has 0 aliphatic heterocycles. The lowest BCUT2D eigenvalue weighted by Crippen LogP contribution is -2.51. The number of aryl methyl sites for hydroxylation is 1. The molecule has 1 saturated carbocycles. The molecule has 0 radical (unpaired) electrons. The zero-order valence-electron chi connectivity index (χ0n) is 12.1. The van der Waals surface area contributed by atoms with E-state index in [0.29, 0.717) is 0 Å². The van der Waals surface area contributed by atoms with Gasteiger partial charge in [0.05, 0.1) is 5.60 Å². The van der Waals surface area contributed by atoms with Crippen LogP contribution >= 0.6 is 0 Å². The fourth-order valence-corrected chi connectivity index (χ4v) is 3.12. The minimum absolute atomic E-state index is 0.00606. The monoisotopic (exact) mass is 266 g/mol. The van der Waals surface area contributed by atoms with Crippen LogP contribution in [0.1, 0.15) is 51.3 Å². The van der Waals surface area contributed by atoms with Crippen molar-refractivity contribution in [3.8, 4) is 0 Å². The van der Waals surface area contributed by atoms with Crippen LogP contribution < -0.4 is 5.73 Å². The molecule has 0 saturated heterocycles. The van der Waals surface area contributed by atoms with Gasteiger partial charge in [0.1, 0.15) is 12.2 Å². The third kappa shape index (κ3) is 3.34. The van der Waals surface area contributed by atoms with Gasteiger partial charge in [0.2, 0.25) is 0 Å². The van der Waals surface area contributed by atoms with Crippen LogP contribution in [-0.2, 0) is 18.2 Å². The summed E-state index contributed by atoms with van der Waals surface area (Å²) in [5.41, 5.74) is 6.32. The molecule has 5 nitrogen and oxygen atoms in total. The molecule has 19 heavy (non-hydrogen) atoms. The quantitative estimate of drug-likeness (QED) is 0.826. The van der Waals surface area contributed by atoms with Gasteiger partial charge >= 0.3 is 0 Å². The van der Waals surface area contributed by atoms with Crippen LogP contribution in [-0.4, -0.2) is 33.0 Å². The molecule has 5 heteroatoms. The van der Waals surface area contributed by atoms with Crippen LogP contribution in [0.2, 0.25) is 0 Å². The van der Waals surface area contributed by atoms with Crippen molar-refractivity contribution in [2.45, 2.75) is 63.5 Å². The van der Waals surface area contributed by atoms with Crippen molar-refractivity contribution in [3.63, 3.8) is 0 Å². The molecule has 0 spiro atoms. The van der Waals surface area contributed by atoms with E-state index in [-0.39, 0.29) is 11.6 Å². The number of aromatic nitrogens is 3. The van der Waals surface area contributed by atoms with Crippen molar-refractivity contribution in [3.05, 3.63) is 12.2 Å². The molecule has 1 aromatic rings. The summed E-state index contributed by atoms with van der Waals surface area (Å²) in [6, 6.07) is -0.00606. The topological polar surface area (TPSA) is 66.0 Å². The summed E-state index contributed by atoms with van der Waals surface area (Å²) in [4.78, 5) is 4.28. The second-order valence-electron chi connectivity index (χ2n) is 5.52. The summed E-state index contributed by atoms with van der Waals surface area (Å²) < 4.78 is 7.92. The summed E-state index contributed by atoms with van der Waals surface area (Å²) in [6.07, 6.45) is 9.48. The highest BCUT2D eigenvalue weighted by Gasteiger charge is 2.38. The summed E-state index contributed by atoms with van der Waals surface area (Å²) in [5, 5.41) is 4.11. The van der Waals surface area contributed by atoms with Crippen LogP contribution in [0.4, 0.5) is 0 Å². The van der Waals surface area contributed by atoms with Gasteiger partial charge in [-0.3, -0.25) is 4.68 Å². The summed E-state index contributed by atoms with van der Waals surface area (Å²) in [5.74, 6) is 0.941. The van der Waals surface area contributed by atoms with Gasteiger partial charge in [-0.25, -0.2) is 4.98 Å². The van der Waals surface area contributed by atoms with E-state index >= 15 is 0 Å². The van der Waals surface area contributed by atoms with Crippen molar-refractivity contribution in [1.82, 2.24) is 14.8 Å². The van der Waals surface area contributed by atoms with Crippen LogP contribution in [0.15, 0.2) is 6.33 Å². The lowest BCUT2D eigenvalue weighted by atomic mass is 9.84. The van der Waals surface area contributed by atoms with Crippen molar-refractivity contribution in [2.24, 2.45) is 12.8 Å². The first kappa shape index (κ1) is 14.5. The van der Waals surface area contributed by atoms with Crippen molar-refractivity contribution in [1.29, 1.82) is 0 Å². The van der Waals surface area contributed by atoms with Gasteiger partial charge in [-0.15, -0.1) is 0 Å². The van der Waals surface area contributed by atoms with E-state index in [1.54, 1.807) is 11.0 Å². The van der Waals surface area contributed by atoms with Crippen LogP contribution in [0.25, 0.3) is 0 Å². The van der Waals surface area contributed by atoms with Gasteiger partial charge in [-0.1, -0.05) is 25.7 Å². The molecule has 1 heterocycles. The van der Waals surface area contributed by atoms with Crippen molar-refractivity contribution >= 4 is 0 Å². The van der Waals surface area contributed by atoms with Crippen LogP contribution in [0.5, 0.6) is 0 Å². The summed E-state index contributed by atoms with van der Waals surface area (Å²) in [6.45, 7) is 2.79. The summed E-state index contributed by atoms with van der Waals surface area (Å²) in [7, 11) is 1.91. The molecule has 1 aliphatic rings. The minimum atomic E-state index is -0.169. The maximum atomic E-state index is 6.49. The maximum Gasteiger partial charge on any atom is 0.138 e. The van der Waals surface area contributed by atoms with E-state index in [1.165, 1.54) is 25.7 Å². The number of rotatable bonds is 5. The Morgan fingerprint density at radius 1 is 1.37 bits per heavy atom. The molecular weight excluding hydrogens is 240 g/mol. The van der Waals surface area contributed by atoms with Gasteiger partial charge < -0.3 is 10.5 Å². The first-order valence-electron chi connectivity index (χ1n) is 7.40. The average Bonchev–Trinajstić information content (AvgIpc) is 2.66. The van der Waals surface area contributed by atoms with E-state index in [4.69, 9.17) is 10.5 Å². The number of nitrogens with zero attached hydrogens (tertiary/aromatic N) is 3. The van der Waals surface area contributed by atoms with E-state index in [1.807, 2.05) is 7.05 Å². The molecular formula is C14H26N4O. The van der Waals surface area contributed by atoms with Gasteiger partial charge in [-0.2, -0.15) is 5.10 Å². The van der Waals surface area contributed by atoms with Crippen LogP contribution in [0.3, 0.4) is 0 Å². The van der Waals surface area contributed by atoms with Crippen molar-refractivity contribution < 1.29 is 4.74 Å². The molecule has 1 aliphatic carbocycles. The zero-order valence-corrected chi connectivity index (χ0v) is 12.1. The molecule has 2 rings (SSSR count). The van der Waals surface area contributed by atoms with E-state index in [9.17, 15) is 0 Å². The Kier molecular flexibility index (Phi) is 4.93. The summed E-state index contributed by atoms with van der Waals surface area (Å²) >= 11 is 0. The second-order valence-corrected chi connectivity index (χ2v) is 5.52. The average molecular weight is 266 g/mol. The molecule has 1 unspecified atom stereocenters. The fourth-order valence-electron chi connectivity index (χ4n) is 3.12. The molecule has 1 aromatic heterocycles. The van der Waals surface area contributed by atoms with Gasteiger partial charge in [0, 0.05) is 26.1 Å². The zero-order chi connectivity index (χ0) is 13.7. The predicted octanol–water partition coefficient (Wildman–Crippen LogP) is 1.81. The first-order chi connectivity index (χ1) is 9.18. The maximum absolute atomic E-state index is 6.49. The first-order valence-corrected chi connectivity index (χ1v) is 7.40. The molecule has 2 N–H and O–H groups in total. The number of hydrogen-bond donors (Lipinski definition) is 1. The highest BCUT2D eigenvalue weighted by Crippen LogP contribution is 2.33. The number of hydrogen-bond acceptors (Lipinski definition) is 4. The molecule has 1 atom stereocenters. The van der Waals surface area contributed by atoms with Crippen LogP contribution in [0, 0.1) is 0 Å². The Hall–Kier alpha value is -0.940. The third-order valence-corrected chi connectivity index (χ3v) is 4.27. The van der Waals surface area contributed by atoms with E-state index < -0.39 is 0 Å². The Balaban J connectivity index is 2.10. The molecule has 0 aromatic carbocycles. The SMILES string of the molecule is CCOC1(C(N)Cc2ncnn2C)CCCCCC1. The van der Waals surface area contributed by atoms with Crippen molar-refractivity contribution in [2.75, 3.05) is 6.61 Å². The number of nitrogens with two attached hydrogens (primary N) is 1. The Morgan fingerprint density at radius 2 is 2.05 bits per heavy atom. The third-order valence-electron chi connectivity index (χ3n) is 4.27. The highest BCUT2D eigenvalue weighted by atomic mass is 16.5. The molecule has 1 fully saturated rings. The second kappa shape index (κ2) is 6.48. The standard InChI is InChI=1S/C14H26N4O/c1-3-19-14(8-6-4-5-7-9-14)12(15)10-13-16-11-17-18(13)2/h11-12H,3-10,15H2,1-2H3. The lowest BCUT2D eigenvalue weighted by molar-refractivity contribution is -0.0687. The lowest BCUT2D eigenvalue weighted by Gasteiger charge is -2.38.